The van der Waals surface area contributed by atoms with Crippen LogP contribution in [0.25, 0.3) is 0 Å². The van der Waals surface area contributed by atoms with Crippen LogP contribution in [0.15, 0.2) is 11.6 Å². The minimum Gasteiger partial charge on any atom is -0.478 e. The van der Waals surface area contributed by atoms with E-state index in [2.05, 4.69) is 19.2 Å². The number of carbonyl (C=O) groups is 2. The molecule has 0 fully saturated rings. The third kappa shape index (κ3) is 3.80. The third-order valence-electron chi connectivity index (χ3n) is 3.96. The van der Waals surface area contributed by atoms with E-state index in [1.807, 2.05) is 0 Å². The molecule has 0 aromatic rings. The molecule has 0 saturated heterocycles. The number of aliphatic carboxylic acids is 1. The number of hydrogen-bond acceptors (Lipinski definition) is 3. The van der Waals surface area contributed by atoms with Crippen molar-refractivity contribution in [2.45, 2.75) is 52.1 Å². The van der Waals surface area contributed by atoms with Gasteiger partial charge in [0.2, 0.25) is 5.91 Å². The second kappa shape index (κ2) is 6.70. The van der Waals surface area contributed by atoms with Crippen LogP contribution < -0.4 is 11.1 Å². The Balaban J connectivity index is 2.96. The maximum atomic E-state index is 11.4. The first kappa shape index (κ1) is 15.7. The zero-order chi connectivity index (χ0) is 14.6. The highest BCUT2D eigenvalue weighted by Crippen LogP contribution is 2.31. The van der Waals surface area contributed by atoms with Crippen molar-refractivity contribution in [3.8, 4) is 0 Å². The van der Waals surface area contributed by atoms with Crippen LogP contribution >= 0.6 is 0 Å². The average molecular weight is 268 g/mol. The Morgan fingerprint density at radius 1 is 1.47 bits per heavy atom. The van der Waals surface area contributed by atoms with Gasteiger partial charge in [-0.15, -0.1) is 0 Å². The molecule has 0 aromatic heterocycles. The Labute approximate surface area is 114 Å². The minimum absolute atomic E-state index is 0.0839. The molecule has 5 nitrogen and oxygen atoms in total. The Morgan fingerprint density at radius 3 is 2.42 bits per heavy atom. The molecule has 4 N–H and O–H groups in total. The Hall–Kier alpha value is -1.36. The number of rotatable bonds is 6. The highest BCUT2D eigenvalue weighted by atomic mass is 16.4. The predicted octanol–water partition coefficient (Wildman–Crippen LogP) is 1.29. The van der Waals surface area contributed by atoms with E-state index < -0.39 is 5.97 Å². The zero-order valence-electron chi connectivity index (χ0n) is 11.8. The lowest BCUT2D eigenvalue weighted by molar-refractivity contribution is -0.132. The van der Waals surface area contributed by atoms with Gasteiger partial charge in [0.25, 0.3) is 0 Å². The van der Waals surface area contributed by atoms with E-state index in [4.69, 9.17) is 10.8 Å². The van der Waals surface area contributed by atoms with Gasteiger partial charge in [-0.05, 0) is 12.3 Å². The van der Waals surface area contributed by atoms with Crippen molar-refractivity contribution in [1.82, 2.24) is 5.32 Å². The molecule has 1 aliphatic carbocycles. The van der Waals surface area contributed by atoms with E-state index in [1.54, 1.807) is 6.08 Å². The highest BCUT2D eigenvalue weighted by molar-refractivity contribution is 5.87. The number of nitrogens with one attached hydrogen (secondary N) is 1. The van der Waals surface area contributed by atoms with Crippen LogP contribution in [0.5, 0.6) is 0 Å². The molecule has 0 aromatic carbocycles. The minimum atomic E-state index is -0.913. The molecule has 0 bridgehead atoms. The van der Waals surface area contributed by atoms with Gasteiger partial charge in [0.1, 0.15) is 0 Å². The summed E-state index contributed by atoms with van der Waals surface area (Å²) in [7, 11) is 0. The van der Waals surface area contributed by atoms with E-state index in [0.717, 1.165) is 12.8 Å². The first-order chi connectivity index (χ1) is 8.90. The largest absolute Gasteiger partial charge is 0.478 e. The van der Waals surface area contributed by atoms with Crippen LogP contribution in [0.2, 0.25) is 0 Å². The maximum Gasteiger partial charge on any atom is 0.331 e. The van der Waals surface area contributed by atoms with E-state index in [0.29, 0.717) is 17.9 Å². The molecular weight excluding hydrogens is 244 g/mol. The molecule has 1 rings (SSSR count). The van der Waals surface area contributed by atoms with Crippen LogP contribution in [0.1, 0.15) is 40.0 Å². The van der Waals surface area contributed by atoms with Crippen molar-refractivity contribution in [1.29, 1.82) is 0 Å². The number of hydrogen-bond donors (Lipinski definition) is 3. The molecule has 3 atom stereocenters. The van der Waals surface area contributed by atoms with Crippen molar-refractivity contribution in [2.24, 2.45) is 17.6 Å². The van der Waals surface area contributed by atoms with Gasteiger partial charge in [-0.1, -0.05) is 32.8 Å². The Morgan fingerprint density at radius 2 is 2.05 bits per heavy atom. The fraction of sp³-hybridized carbons (Fsp3) is 0.714. The second-order valence-corrected chi connectivity index (χ2v) is 5.25. The molecule has 0 aliphatic heterocycles. The molecule has 0 radical (unpaired) electrons. The summed E-state index contributed by atoms with van der Waals surface area (Å²) in [6.45, 7) is 5.63. The molecule has 108 valence electrons. The lowest BCUT2D eigenvalue weighted by Crippen LogP contribution is -2.48. The monoisotopic (exact) mass is 268 g/mol. The fourth-order valence-corrected chi connectivity index (χ4v) is 2.90. The van der Waals surface area contributed by atoms with Crippen LogP contribution in [0, 0.1) is 11.8 Å². The summed E-state index contributed by atoms with van der Waals surface area (Å²) in [6, 6.07) is -0.317. The molecule has 1 unspecified atom stereocenters. The van der Waals surface area contributed by atoms with Gasteiger partial charge in [0.05, 0.1) is 0 Å². The number of amides is 1. The molecule has 0 saturated carbocycles. The van der Waals surface area contributed by atoms with Gasteiger partial charge >= 0.3 is 5.97 Å². The zero-order valence-corrected chi connectivity index (χ0v) is 11.8. The van der Waals surface area contributed by atoms with Gasteiger partial charge in [0.15, 0.2) is 0 Å². The van der Waals surface area contributed by atoms with Crippen molar-refractivity contribution < 1.29 is 14.7 Å². The van der Waals surface area contributed by atoms with Gasteiger partial charge in [0, 0.05) is 30.5 Å². The van der Waals surface area contributed by atoms with E-state index in [1.165, 1.54) is 6.92 Å². The van der Waals surface area contributed by atoms with Gasteiger partial charge in [-0.25, -0.2) is 4.79 Å². The van der Waals surface area contributed by atoms with Gasteiger partial charge < -0.3 is 16.2 Å². The number of nitrogens with two attached hydrogens (primary N) is 1. The standard InChI is InChI=1S/C14H24N2O3/c1-4-9(5-2)13(16-8(3)17)11-6-10(14(18)19)7-12(11)15/h6,9,11-13H,4-5,7,15H2,1-3H3,(H,16,17)(H,18,19)/t11-,12-,13?/m1/s1. The van der Waals surface area contributed by atoms with Crippen LogP contribution in [-0.2, 0) is 9.59 Å². The molecule has 19 heavy (non-hydrogen) atoms. The fourth-order valence-electron chi connectivity index (χ4n) is 2.90. The van der Waals surface area contributed by atoms with Crippen LogP contribution in [0.3, 0.4) is 0 Å². The summed E-state index contributed by atoms with van der Waals surface area (Å²) in [5.41, 5.74) is 6.42. The number of carbonyl (C=O) groups excluding carboxylic acids is 1. The highest BCUT2D eigenvalue weighted by Gasteiger charge is 2.36. The van der Waals surface area contributed by atoms with Gasteiger partial charge in [-0.2, -0.15) is 0 Å². The Bertz CT molecular complexity index is 375. The lowest BCUT2D eigenvalue weighted by atomic mass is 9.82. The van der Waals surface area contributed by atoms with Crippen molar-refractivity contribution in [3.63, 3.8) is 0 Å². The summed E-state index contributed by atoms with van der Waals surface area (Å²) in [5.74, 6) is -0.797. The summed E-state index contributed by atoms with van der Waals surface area (Å²) >= 11 is 0. The third-order valence-corrected chi connectivity index (χ3v) is 3.96. The summed E-state index contributed by atoms with van der Waals surface area (Å²) in [6.07, 6.45) is 3.96. The molecule has 1 aliphatic rings. The number of carboxylic acid groups (broad SMARTS) is 1. The van der Waals surface area contributed by atoms with E-state index in [9.17, 15) is 9.59 Å². The summed E-state index contributed by atoms with van der Waals surface area (Å²) in [4.78, 5) is 22.4. The first-order valence-electron chi connectivity index (χ1n) is 6.87. The number of carboxylic acids is 1. The average Bonchev–Trinajstić information content (AvgIpc) is 2.71. The first-order valence-corrected chi connectivity index (χ1v) is 6.87. The van der Waals surface area contributed by atoms with Crippen molar-refractivity contribution in [2.75, 3.05) is 0 Å². The second-order valence-electron chi connectivity index (χ2n) is 5.25. The summed E-state index contributed by atoms with van der Waals surface area (Å²) in [5, 5.41) is 12.0. The van der Waals surface area contributed by atoms with Crippen molar-refractivity contribution >= 4 is 11.9 Å². The molecule has 5 heteroatoms. The van der Waals surface area contributed by atoms with Crippen LogP contribution in [-0.4, -0.2) is 29.1 Å². The van der Waals surface area contributed by atoms with E-state index in [-0.39, 0.29) is 23.9 Å². The van der Waals surface area contributed by atoms with E-state index >= 15 is 0 Å². The Kier molecular flexibility index (Phi) is 5.54. The van der Waals surface area contributed by atoms with Gasteiger partial charge in [-0.3, -0.25) is 4.79 Å². The summed E-state index contributed by atoms with van der Waals surface area (Å²) < 4.78 is 0. The maximum absolute atomic E-state index is 11.4. The molecular formula is C14H24N2O3. The normalized spacial score (nSPS) is 24.2. The van der Waals surface area contributed by atoms with Crippen LogP contribution in [0.4, 0.5) is 0 Å². The SMILES string of the molecule is CCC(CC)C(NC(C)=O)[C@@H]1C=C(C(=O)O)C[C@H]1N. The molecule has 0 spiro atoms. The molecule has 1 amide bonds. The quantitative estimate of drug-likeness (QED) is 0.676. The smallest absolute Gasteiger partial charge is 0.331 e. The topological polar surface area (TPSA) is 92.4 Å². The van der Waals surface area contributed by atoms with Crippen molar-refractivity contribution in [3.05, 3.63) is 11.6 Å². The predicted molar refractivity (Wildman–Crippen MR) is 73.5 cm³/mol. The molecule has 0 heterocycles. The lowest BCUT2D eigenvalue weighted by Gasteiger charge is -2.32.